The summed E-state index contributed by atoms with van der Waals surface area (Å²) in [6.45, 7) is 2.91. The summed E-state index contributed by atoms with van der Waals surface area (Å²) >= 11 is 2.40. The number of anilines is 2. The molecule has 0 unspecified atom stereocenters. The molecule has 1 aliphatic rings. The van der Waals surface area contributed by atoms with Gasteiger partial charge in [0, 0.05) is 10.9 Å². The number of fused-ring (bicyclic) bond motifs is 1. The number of ether oxygens (including phenoxy) is 3. The predicted octanol–water partition coefficient (Wildman–Crippen LogP) is 3.43. The number of thiophene rings is 1. The number of hydrogen-bond acceptors (Lipinski definition) is 10. The second-order valence-electron chi connectivity index (χ2n) is 7.49. The molecule has 2 aromatic heterocycles. The van der Waals surface area contributed by atoms with Crippen LogP contribution in [0.25, 0.3) is 11.3 Å². The van der Waals surface area contributed by atoms with Crippen molar-refractivity contribution < 1.29 is 33.4 Å². The summed E-state index contributed by atoms with van der Waals surface area (Å²) in [5.74, 6) is -1.85. The predicted molar refractivity (Wildman–Crippen MR) is 130 cm³/mol. The molecule has 182 valence electrons. The molecule has 0 fully saturated rings. The maximum atomic E-state index is 13.0. The van der Waals surface area contributed by atoms with Gasteiger partial charge in [0.1, 0.15) is 22.2 Å². The van der Waals surface area contributed by atoms with Crippen molar-refractivity contribution in [1.82, 2.24) is 4.98 Å². The van der Waals surface area contributed by atoms with Crippen LogP contribution < -0.4 is 15.0 Å². The minimum atomic E-state index is -0.708. The highest BCUT2D eigenvalue weighted by molar-refractivity contribution is 7.18. The molecular formula is C23H21N3O7S2. The Balaban J connectivity index is 1.62. The third kappa shape index (κ3) is 4.75. The van der Waals surface area contributed by atoms with Crippen molar-refractivity contribution in [3.8, 4) is 17.0 Å². The molecule has 4 rings (SSSR count). The average Bonchev–Trinajstić information content (AvgIpc) is 3.42. The smallest absolute Gasteiger partial charge is 0.348 e. The van der Waals surface area contributed by atoms with E-state index in [1.54, 1.807) is 19.1 Å². The largest absolute Gasteiger partial charge is 0.482 e. The van der Waals surface area contributed by atoms with Gasteiger partial charge in [-0.1, -0.05) is 0 Å². The molecule has 12 heteroatoms. The van der Waals surface area contributed by atoms with Gasteiger partial charge in [-0.05, 0) is 37.6 Å². The van der Waals surface area contributed by atoms with Crippen molar-refractivity contribution in [2.75, 3.05) is 37.6 Å². The molecule has 1 aromatic carbocycles. The van der Waals surface area contributed by atoms with Crippen LogP contribution in [0.5, 0.6) is 5.75 Å². The van der Waals surface area contributed by atoms with Crippen molar-refractivity contribution >= 4 is 57.1 Å². The second-order valence-corrected chi connectivity index (χ2v) is 9.58. The van der Waals surface area contributed by atoms with Crippen molar-refractivity contribution in [2.24, 2.45) is 0 Å². The molecule has 2 amide bonds. The lowest BCUT2D eigenvalue weighted by Crippen LogP contribution is -2.43. The molecule has 0 bridgehead atoms. The van der Waals surface area contributed by atoms with Crippen LogP contribution in [0.2, 0.25) is 0 Å². The SMILES string of the molecule is COC(=O)c1sc(NC(=O)CN2C(=O)COc3ccc(-c4csc(C)n4)cc32)c(C(=O)OC)c1C. The Kier molecular flexibility index (Phi) is 6.85. The van der Waals surface area contributed by atoms with E-state index in [9.17, 15) is 19.2 Å². The van der Waals surface area contributed by atoms with Gasteiger partial charge in [0.15, 0.2) is 6.61 Å². The molecule has 0 aliphatic carbocycles. The number of nitrogens with zero attached hydrogens (tertiary/aromatic N) is 2. The van der Waals surface area contributed by atoms with Crippen LogP contribution in [0.4, 0.5) is 10.7 Å². The summed E-state index contributed by atoms with van der Waals surface area (Å²) in [5.41, 5.74) is 2.36. The lowest BCUT2D eigenvalue weighted by Gasteiger charge is -2.29. The third-order valence-corrected chi connectivity index (χ3v) is 7.24. The minimum absolute atomic E-state index is 0.0566. The molecule has 1 N–H and O–H groups in total. The zero-order valence-electron chi connectivity index (χ0n) is 19.3. The van der Waals surface area contributed by atoms with Gasteiger partial charge >= 0.3 is 11.9 Å². The van der Waals surface area contributed by atoms with Gasteiger partial charge in [0.05, 0.1) is 36.2 Å². The summed E-state index contributed by atoms with van der Waals surface area (Å²) in [6, 6.07) is 5.32. The summed E-state index contributed by atoms with van der Waals surface area (Å²) < 4.78 is 15.1. The van der Waals surface area contributed by atoms with Crippen molar-refractivity contribution in [3.05, 3.63) is 44.6 Å². The summed E-state index contributed by atoms with van der Waals surface area (Å²) in [4.78, 5) is 56.1. The number of nitrogens with one attached hydrogen (secondary N) is 1. The van der Waals surface area contributed by atoms with E-state index < -0.39 is 23.8 Å². The van der Waals surface area contributed by atoms with E-state index in [2.05, 4.69) is 10.3 Å². The first-order valence-corrected chi connectivity index (χ1v) is 12.0. The van der Waals surface area contributed by atoms with E-state index in [-0.39, 0.29) is 28.6 Å². The Labute approximate surface area is 208 Å². The van der Waals surface area contributed by atoms with Crippen LogP contribution in [-0.2, 0) is 19.1 Å². The average molecular weight is 516 g/mol. The molecule has 35 heavy (non-hydrogen) atoms. The van der Waals surface area contributed by atoms with Crippen molar-refractivity contribution in [3.63, 3.8) is 0 Å². The van der Waals surface area contributed by atoms with Gasteiger partial charge in [-0.25, -0.2) is 14.6 Å². The highest BCUT2D eigenvalue weighted by Gasteiger charge is 2.30. The molecule has 10 nitrogen and oxygen atoms in total. The number of aromatic nitrogens is 1. The Morgan fingerprint density at radius 1 is 1.17 bits per heavy atom. The Hall–Kier alpha value is -3.77. The van der Waals surface area contributed by atoms with Crippen LogP contribution >= 0.6 is 22.7 Å². The summed E-state index contributed by atoms with van der Waals surface area (Å²) in [6.07, 6.45) is 0. The molecule has 0 spiro atoms. The van der Waals surface area contributed by atoms with Crippen LogP contribution in [-0.4, -0.2) is 56.1 Å². The topological polar surface area (TPSA) is 124 Å². The van der Waals surface area contributed by atoms with E-state index in [0.29, 0.717) is 17.0 Å². The van der Waals surface area contributed by atoms with E-state index >= 15 is 0 Å². The fourth-order valence-electron chi connectivity index (χ4n) is 3.58. The second kappa shape index (κ2) is 9.84. The standard InChI is InChI=1S/C23H21N3O7S2/c1-11-19(22(29)31-3)21(35-20(11)23(30)32-4)25-17(27)8-26-15-7-13(14-10-34-12(2)24-14)5-6-16(15)33-9-18(26)28/h5-7,10H,8-9H2,1-4H3,(H,25,27). The molecular weight excluding hydrogens is 494 g/mol. The third-order valence-electron chi connectivity index (χ3n) is 5.28. The van der Waals surface area contributed by atoms with Gasteiger partial charge in [-0.3, -0.25) is 14.5 Å². The fraction of sp³-hybridized carbons (Fsp3) is 0.261. The lowest BCUT2D eigenvalue weighted by atomic mass is 10.1. The number of carbonyl (C=O) groups is 4. The van der Waals surface area contributed by atoms with Gasteiger partial charge in [-0.15, -0.1) is 22.7 Å². The number of methoxy groups -OCH3 is 2. The van der Waals surface area contributed by atoms with Crippen LogP contribution in [0.1, 0.15) is 30.6 Å². The fourth-order valence-corrected chi connectivity index (χ4v) is 5.33. The van der Waals surface area contributed by atoms with Crippen LogP contribution in [0, 0.1) is 13.8 Å². The number of thiazole rings is 1. The molecule has 0 radical (unpaired) electrons. The maximum absolute atomic E-state index is 13.0. The monoisotopic (exact) mass is 515 g/mol. The Morgan fingerprint density at radius 3 is 2.57 bits per heavy atom. The zero-order chi connectivity index (χ0) is 25.3. The van der Waals surface area contributed by atoms with Crippen molar-refractivity contribution in [1.29, 1.82) is 0 Å². The molecule has 0 saturated carbocycles. The van der Waals surface area contributed by atoms with Gasteiger partial charge in [0.25, 0.3) is 5.91 Å². The molecule has 0 atom stereocenters. The molecule has 3 aromatic rings. The van der Waals surface area contributed by atoms with E-state index in [4.69, 9.17) is 14.2 Å². The Morgan fingerprint density at radius 2 is 1.91 bits per heavy atom. The number of hydrogen-bond donors (Lipinski definition) is 1. The number of carbonyl (C=O) groups excluding carboxylic acids is 4. The zero-order valence-corrected chi connectivity index (χ0v) is 20.9. The molecule has 1 aliphatic heterocycles. The van der Waals surface area contributed by atoms with Crippen LogP contribution in [0.3, 0.4) is 0 Å². The van der Waals surface area contributed by atoms with Crippen molar-refractivity contribution in [2.45, 2.75) is 13.8 Å². The van der Waals surface area contributed by atoms with E-state index in [0.717, 1.165) is 27.6 Å². The minimum Gasteiger partial charge on any atom is -0.482 e. The highest BCUT2D eigenvalue weighted by Crippen LogP contribution is 2.37. The number of amides is 2. The molecule has 3 heterocycles. The number of aryl methyl sites for hydroxylation is 1. The number of esters is 2. The van der Waals surface area contributed by atoms with Gasteiger partial charge < -0.3 is 19.5 Å². The first-order chi connectivity index (χ1) is 16.7. The number of rotatable bonds is 6. The first-order valence-electron chi connectivity index (χ1n) is 10.3. The molecule has 0 saturated heterocycles. The van der Waals surface area contributed by atoms with E-state index in [1.807, 2.05) is 18.4 Å². The normalized spacial score (nSPS) is 12.6. The summed E-state index contributed by atoms with van der Waals surface area (Å²) in [5, 5.41) is 5.58. The van der Waals surface area contributed by atoms with Gasteiger partial charge in [0.2, 0.25) is 5.91 Å². The maximum Gasteiger partial charge on any atom is 0.348 e. The van der Waals surface area contributed by atoms with E-state index in [1.165, 1.54) is 30.5 Å². The lowest BCUT2D eigenvalue weighted by molar-refractivity contribution is -0.123. The summed E-state index contributed by atoms with van der Waals surface area (Å²) in [7, 11) is 2.42. The van der Waals surface area contributed by atoms with Crippen LogP contribution in [0.15, 0.2) is 23.6 Å². The Bertz CT molecular complexity index is 1340. The highest BCUT2D eigenvalue weighted by atomic mass is 32.1. The number of benzene rings is 1. The van der Waals surface area contributed by atoms with Gasteiger partial charge in [-0.2, -0.15) is 0 Å². The first kappa shape index (κ1) is 24.4. The quantitative estimate of drug-likeness (QED) is 0.495.